The van der Waals surface area contributed by atoms with Crippen molar-refractivity contribution in [2.45, 2.75) is 19.3 Å². The fourth-order valence-electron chi connectivity index (χ4n) is 1.17. The zero-order valence-corrected chi connectivity index (χ0v) is 9.62. The van der Waals surface area contributed by atoms with Crippen molar-refractivity contribution in [2.24, 2.45) is 5.73 Å². The van der Waals surface area contributed by atoms with Gasteiger partial charge < -0.3 is 15.8 Å². The minimum Gasteiger partial charge on any atom is -0.406 e. The van der Waals surface area contributed by atoms with Gasteiger partial charge in [0.25, 0.3) is 5.91 Å². The second-order valence-corrected chi connectivity index (χ2v) is 3.68. The molecule has 0 aliphatic carbocycles. The Hall–Kier alpha value is -1.76. The highest BCUT2D eigenvalue weighted by atomic mass is 19.4. The van der Waals surface area contributed by atoms with Gasteiger partial charge in [-0.1, -0.05) is 0 Å². The number of halogens is 3. The van der Waals surface area contributed by atoms with E-state index in [1.54, 1.807) is 6.92 Å². The van der Waals surface area contributed by atoms with Crippen molar-refractivity contribution >= 4 is 5.91 Å². The lowest BCUT2D eigenvalue weighted by molar-refractivity contribution is -0.274. The number of ether oxygens (including phenoxy) is 1. The van der Waals surface area contributed by atoms with Gasteiger partial charge in [0.2, 0.25) is 0 Å². The number of rotatable bonds is 4. The highest BCUT2D eigenvalue weighted by molar-refractivity contribution is 5.94. The molecule has 1 amide bonds. The van der Waals surface area contributed by atoms with Gasteiger partial charge in [0.15, 0.2) is 0 Å². The summed E-state index contributed by atoms with van der Waals surface area (Å²) in [5.41, 5.74) is 5.57. The molecule has 0 aromatic heterocycles. The lowest BCUT2D eigenvalue weighted by atomic mass is 10.2. The van der Waals surface area contributed by atoms with E-state index in [1.807, 2.05) is 0 Å². The highest BCUT2D eigenvalue weighted by Gasteiger charge is 2.31. The number of carbonyl (C=O) groups excluding carboxylic acids is 1. The van der Waals surface area contributed by atoms with Crippen LogP contribution in [0, 0.1) is 0 Å². The van der Waals surface area contributed by atoms with E-state index in [0.717, 1.165) is 12.1 Å². The van der Waals surface area contributed by atoms with Crippen LogP contribution in [0.4, 0.5) is 13.2 Å². The Morgan fingerprint density at radius 3 is 2.39 bits per heavy atom. The molecule has 0 saturated heterocycles. The van der Waals surface area contributed by atoms with Gasteiger partial charge in [-0.2, -0.15) is 0 Å². The molecule has 0 aliphatic heterocycles. The fourth-order valence-corrected chi connectivity index (χ4v) is 1.17. The van der Waals surface area contributed by atoms with Gasteiger partial charge in [-0.15, -0.1) is 13.2 Å². The molecule has 0 unspecified atom stereocenters. The minimum atomic E-state index is -4.74. The van der Waals surface area contributed by atoms with Crippen LogP contribution in [0.2, 0.25) is 0 Å². The average molecular weight is 262 g/mol. The number of nitrogens with one attached hydrogen (secondary N) is 1. The number of amides is 1. The van der Waals surface area contributed by atoms with Crippen LogP contribution in [-0.4, -0.2) is 24.9 Å². The summed E-state index contributed by atoms with van der Waals surface area (Å²) < 4.78 is 39.4. The Labute approximate surface area is 102 Å². The van der Waals surface area contributed by atoms with Crippen LogP contribution in [0.5, 0.6) is 5.75 Å². The third-order valence-corrected chi connectivity index (χ3v) is 2.08. The first-order valence-corrected chi connectivity index (χ1v) is 5.18. The van der Waals surface area contributed by atoms with E-state index in [0.29, 0.717) is 0 Å². The molecule has 0 radical (unpaired) electrons. The van der Waals surface area contributed by atoms with Crippen LogP contribution < -0.4 is 15.8 Å². The normalized spacial score (nSPS) is 12.9. The number of carbonyl (C=O) groups is 1. The fraction of sp³-hybridized carbons (Fsp3) is 0.364. The van der Waals surface area contributed by atoms with Crippen molar-refractivity contribution in [3.05, 3.63) is 29.8 Å². The third-order valence-electron chi connectivity index (χ3n) is 2.08. The highest BCUT2D eigenvalue weighted by Crippen LogP contribution is 2.22. The Balaban J connectivity index is 2.68. The van der Waals surface area contributed by atoms with Crippen LogP contribution in [0.1, 0.15) is 17.3 Å². The molecule has 1 atom stereocenters. The summed E-state index contributed by atoms with van der Waals surface area (Å²) in [6.07, 6.45) is -4.74. The van der Waals surface area contributed by atoms with E-state index in [-0.39, 0.29) is 23.9 Å². The lowest BCUT2D eigenvalue weighted by Crippen LogP contribution is -2.37. The summed E-state index contributed by atoms with van der Waals surface area (Å²) >= 11 is 0. The van der Waals surface area contributed by atoms with Crippen LogP contribution in [0.3, 0.4) is 0 Å². The van der Waals surface area contributed by atoms with Gasteiger partial charge in [-0.05, 0) is 31.2 Å². The molecular weight excluding hydrogens is 249 g/mol. The number of hydrogen-bond donors (Lipinski definition) is 2. The first kappa shape index (κ1) is 14.3. The molecular formula is C11H13F3N2O2. The maximum Gasteiger partial charge on any atom is 0.573 e. The second kappa shape index (κ2) is 5.72. The summed E-state index contributed by atoms with van der Waals surface area (Å²) in [5.74, 6) is -0.766. The second-order valence-electron chi connectivity index (χ2n) is 3.68. The Morgan fingerprint density at radius 1 is 1.39 bits per heavy atom. The standard InChI is InChI=1S/C11H13F3N2O2/c1-7(6-15)16-10(17)8-2-4-9(5-3-8)18-11(12,13)14/h2-5,7H,6,15H2,1H3,(H,16,17)/t7-/m0/s1. The first-order valence-electron chi connectivity index (χ1n) is 5.18. The Morgan fingerprint density at radius 2 is 1.94 bits per heavy atom. The molecule has 0 fully saturated rings. The topological polar surface area (TPSA) is 64.3 Å². The van der Waals surface area contributed by atoms with Gasteiger partial charge in [0.05, 0.1) is 0 Å². The average Bonchev–Trinajstić information content (AvgIpc) is 2.27. The largest absolute Gasteiger partial charge is 0.573 e. The molecule has 4 nitrogen and oxygen atoms in total. The molecule has 100 valence electrons. The number of alkyl halides is 3. The van der Waals surface area contributed by atoms with Gasteiger partial charge in [-0.3, -0.25) is 4.79 Å². The van der Waals surface area contributed by atoms with Crippen molar-refractivity contribution in [1.29, 1.82) is 0 Å². The van der Waals surface area contributed by atoms with Crippen LogP contribution in [-0.2, 0) is 0 Å². The van der Waals surface area contributed by atoms with E-state index in [4.69, 9.17) is 5.73 Å². The SMILES string of the molecule is C[C@@H](CN)NC(=O)c1ccc(OC(F)(F)F)cc1. The quantitative estimate of drug-likeness (QED) is 0.867. The van der Waals surface area contributed by atoms with Crippen molar-refractivity contribution in [3.8, 4) is 5.75 Å². The summed E-state index contributed by atoms with van der Waals surface area (Å²) in [6, 6.07) is 4.45. The lowest BCUT2D eigenvalue weighted by Gasteiger charge is -2.12. The van der Waals surface area contributed by atoms with Crippen LogP contribution in [0.25, 0.3) is 0 Å². The molecule has 18 heavy (non-hydrogen) atoms. The molecule has 0 bridgehead atoms. The molecule has 0 aliphatic rings. The van der Waals surface area contributed by atoms with Crippen molar-refractivity contribution < 1.29 is 22.7 Å². The Bertz CT molecular complexity index is 404. The molecule has 0 saturated carbocycles. The zero-order chi connectivity index (χ0) is 13.8. The van der Waals surface area contributed by atoms with Gasteiger partial charge in [0.1, 0.15) is 5.75 Å². The van der Waals surface area contributed by atoms with Gasteiger partial charge in [0, 0.05) is 18.2 Å². The smallest absolute Gasteiger partial charge is 0.406 e. The van der Waals surface area contributed by atoms with E-state index in [1.165, 1.54) is 12.1 Å². The first-order chi connectivity index (χ1) is 8.31. The summed E-state index contributed by atoms with van der Waals surface area (Å²) in [7, 11) is 0. The zero-order valence-electron chi connectivity index (χ0n) is 9.62. The predicted octanol–water partition coefficient (Wildman–Crippen LogP) is 1.66. The molecule has 3 N–H and O–H groups in total. The molecule has 1 aromatic rings. The summed E-state index contributed by atoms with van der Waals surface area (Å²) in [6.45, 7) is 2.00. The molecule has 1 rings (SSSR count). The number of benzene rings is 1. The van der Waals surface area contributed by atoms with Gasteiger partial charge >= 0.3 is 6.36 Å². The van der Waals surface area contributed by atoms with Crippen molar-refractivity contribution in [3.63, 3.8) is 0 Å². The minimum absolute atomic E-state index is 0.205. The summed E-state index contributed by atoms with van der Waals surface area (Å²) in [4.78, 5) is 11.6. The molecule has 0 spiro atoms. The number of nitrogens with two attached hydrogens (primary N) is 1. The van der Waals surface area contributed by atoms with E-state index in [9.17, 15) is 18.0 Å². The van der Waals surface area contributed by atoms with Crippen molar-refractivity contribution in [1.82, 2.24) is 5.32 Å². The van der Waals surface area contributed by atoms with Crippen LogP contribution >= 0.6 is 0 Å². The molecule has 0 heterocycles. The monoisotopic (exact) mass is 262 g/mol. The van der Waals surface area contributed by atoms with Gasteiger partial charge in [-0.25, -0.2) is 0 Å². The summed E-state index contributed by atoms with van der Waals surface area (Å²) in [5, 5.41) is 2.59. The molecule has 7 heteroatoms. The Kier molecular flexibility index (Phi) is 4.55. The van der Waals surface area contributed by atoms with E-state index < -0.39 is 12.3 Å². The third kappa shape index (κ3) is 4.62. The maximum absolute atomic E-state index is 11.9. The maximum atomic E-state index is 11.9. The van der Waals surface area contributed by atoms with Crippen LogP contribution in [0.15, 0.2) is 24.3 Å². The van der Waals surface area contributed by atoms with E-state index >= 15 is 0 Å². The number of hydrogen-bond acceptors (Lipinski definition) is 3. The predicted molar refractivity (Wildman–Crippen MR) is 59.1 cm³/mol. The molecule has 1 aromatic carbocycles. The van der Waals surface area contributed by atoms with Crippen molar-refractivity contribution in [2.75, 3.05) is 6.54 Å². The van der Waals surface area contributed by atoms with E-state index in [2.05, 4.69) is 10.1 Å².